The number of ether oxygens (including phenoxy) is 1. The molecule has 108 valence electrons. The highest BCUT2D eigenvalue weighted by atomic mass is 35.5. The van der Waals surface area contributed by atoms with Crippen LogP contribution in [-0.2, 0) is 13.0 Å². The molecule has 1 aromatic carbocycles. The number of aromatic nitrogens is 1. The summed E-state index contributed by atoms with van der Waals surface area (Å²) in [7, 11) is 0. The highest BCUT2D eigenvalue weighted by molar-refractivity contribution is 6.31. The Morgan fingerprint density at radius 1 is 1.24 bits per heavy atom. The molecule has 0 atom stereocenters. The third kappa shape index (κ3) is 4.37. The molecular weight excluding hydrogens is 286 g/mol. The standard InChI is InChI=1S/C16H16ClN3O/c1-2-19-16-8-7-14(17)15(20-16)11-21-13-5-3-12(4-6-13)9-10-18/h3-8H,2,9,11H2,1H3,(H,19,20). The van der Waals surface area contributed by atoms with E-state index in [1.165, 1.54) is 0 Å². The van der Waals surface area contributed by atoms with E-state index in [-0.39, 0.29) is 0 Å². The second kappa shape index (κ2) is 7.51. The number of anilines is 1. The Hall–Kier alpha value is -2.25. The molecule has 21 heavy (non-hydrogen) atoms. The lowest BCUT2D eigenvalue weighted by atomic mass is 10.2. The van der Waals surface area contributed by atoms with Gasteiger partial charge in [0, 0.05) is 6.54 Å². The molecule has 5 heteroatoms. The summed E-state index contributed by atoms with van der Waals surface area (Å²) in [6.45, 7) is 3.11. The number of hydrogen-bond acceptors (Lipinski definition) is 4. The minimum Gasteiger partial charge on any atom is -0.487 e. The van der Waals surface area contributed by atoms with E-state index in [2.05, 4.69) is 16.4 Å². The van der Waals surface area contributed by atoms with Gasteiger partial charge in [0.05, 0.1) is 23.2 Å². The third-order valence-electron chi connectivity index (χ3n) is 2.86. The average Bonchev–Trinajstić information content (AvgIpc) is 2.50. The summed E-state index contributed by atoms with van der Waals surface area (Å²) < 4.78 is 5.68. The van der Waals surface area contributed by atoms with Crippen LogP contribution in [0, 0.1) is 11.3 Å². The third-order valence-corrected chi connectivity index (χ3v) is 3.20. The summed E-state index contributed by atoms with van der Waals surface area (Å²) in [4.78, 5) is 4.41. The molecule has 0 spiro atoms. The van der Waals surface area contributed by atoms with Crippen molar-refractivity contribution in [1.82, 2.24) is 4.98 Å². The predicted octanol–water partition coefficient (Wildman–Crippen LogP) is 3.81. The first-order valence-electron chi connectivity index (χ1n) is 6.71. The zero-order chi connectivity index (χ0) is 15.1. The van der Waals surface area contributed by atoms with Crippen LogP contribution in [0.5, 0.6) is 5.75 Å². The molecule has 1 N–H and O–H groups in total. The quantitative estimate of drug-likeness (QED) is 0.881. The second-order valence-corrected chi connectivity index (χ2v) is 4.83. The van der Waals surface area contributed by atoms with E-state index in [0.717, 1.165) is 23.7 Å². The molecule has 0 aliphatic heterocycles. The summed E-state index contributed by atoms with van der Waals surface area (Å²) in [6, 6.07) is 13.2. The molecule has 2 rings (SSSR count). The number of nitrogens with zero attached hydrogens (tertiary/aromatic N) is 2. The van der Waals surface area contributed by atoms with Crippen LogP contribution in [0.25, 0.3) is 0 Å². The molecule has 4 nitrogen and oxygen atoms in total. The molecule has 1 aromatic heterocycles. The van der Waals surface area contributed by atoms with Crippen LogP contribution in [0.15, 0.2) is 36.4 Å². The monoisotopic (exact) mass is 301 g/mol. The van der Waals surface area contributed by atoms with Gasteiger partial charge >= 0.3 is 0 Å². The summed E-state index contributed by atoms with van der Waals surface area (Å²) in [5.41, 5.74) is 1.66. The van der Waals surface area contributed by atoms with Gasteiger partial charge in [0.15, 0.2) is 0 Å². The first kappa shape index (κ1) is 15.1. The van der Waals surface area contributed by atoms with Gasteiger partial charge in [0.25, 0.3) is 0 Å². The number of nitrogens with one attached hydrogen (secondary N) is 1. The maximum Gasteiger partial charge on any atom is 0.132 e. The molecule has 2 aromatic rings. The second-order valence-electron chi connectivity index (χ2n) is 4.42. The number of hydrogen-bond donors (Lipinski definition) is 1. The number of halogens is 1. The van der Waals surface area contributed by atoms with Crippen LogP contribution in [0.1, 0.15) is 18.2 Å². The maximum absolute atomic E-state index is 8.63. The van der Waals surface area contributed by atoms with Crippen LogP contribution in [0.4, 0.5) is 5.82 Å². The maximum atomic E-state index is 8.63. The van der Waals surface area contributed by atoms with E-state index in [0.29, 0.717) is 23.7 Å². The van der Waals surface area contributed by atoms with Crippen LogP contribution in [0.2, 0.25) is 5.02 Å². The molecule has 0 saturated heterocycles. The van der Waals surface area contributed by atoms with Gasteiger partial charge in [-0.15, -0.1) is 0 Å². The summed E-state index contributed by atoms with van der Waals surface area (Å²) in [5, 5.41) is 12.4. The van der Waals surface area contributed by atoms with Crippen molar-refractivity contribution >= 4 is 17.4 Å². The molecule has 0 saturated carbocycles. The topological polar surface area (TPSA) is 57.9 Å². The Morgan fingerprint density at radius 2 is 2.00 bits per heavy atom. The number of benzene rings is 1. The van der Waals surface area contributed by atoms with Gasteiger partial charge in [-0.3, -0.25) is 0 Å². The largest absolute Gasteiger partial charge is 0.487 e. The highest BCUT2D eigenvalue weighted by Gasteiger charge is 2.05. The van der Waals surface area contributed by atoms with Crippen molar-refractivity contribution in [2.45, 2.75) is 20.0 Å². The fourth-order valence-electron chi connectivity index (χ4n) is 1.81. The molecular formula is C16H16ClN3O. The van der Waals surface area contributed by atoms with Crippen molar-refractivity contribution < 1.29 is 4.74 Å². The van der Waals surface area contributed by atoms with Gasteiger partial charge in [-0.25, -0.2) is 4.98 Å². The summed E-state index contributed by atoms with van der Waals surface area (Å²) in [6.07, 6.45) is 0.401. The molecule has 1 heterocycles. The number of pyridine rings is 1. The fourth-order valence-corrected chi connectivity index (χ4v) is 1.97. The molecule has 0 aliphatic carbocycles. The van der Waals surface area contributed by atoms with E-state index < -0.39 is 0 Å². The molecule has 0 bridgehead atoms. The van der Waals surface area contributed by atoms with E-state index in [9.17, 15) is 0 Å². The lowest BCUT2D eigenvalue weighted by Gasteiger charge is -2.09. The van der Waals surface area contributed by atoms with E-state index in [1.807, 2.05) is 37.3 Å². The van der Waals surface area contributed by atoms with Gasteiger partial charge < -0.3 is 10.1 Å². The van der Waals surface area contributed by atoms with Crippen LogP contribution < -0.4 is 10.1 Å². The van der Waals surface area contributed by atoms with E-state index in [1.54, 1.807) is 6.07 Å². The minimum absolute atomic E-state index is 0.301. The number of nitriles is 1. The fraction of sp³-hybridized carbons (Fsp3) is 0.250. The Labute approximate surface area is 129 Å². The molecule has 0 aliphatic rings. The van der Waals surface area contributed by atoms with Gasteiger partial charge in [0.2, 0.25) is 0 Å². The van der Waals surface area contributed by atoms with Gasteiger partial charge in [0.1, 0.15) is 18.2 Å². The van der Waals surface area contributed by atoms with Crippen molar-refractivity contribution in [2.24, 2.45) is 0 Å². The van der Waals surface area contributed by atoms with Crippen molar-refractivity contribution in [3.05, 3.63) is 52.7 Å². The lowest BCUT2D eigenvalue weighted by Crippen LogP contribution is -2.04. The first-order valence-corrected chi connectivity index (χ1v) is 7.08. The Balaban J connectivity index is 2.02. The minimum atomic E-state index is 0.301. The zero-order valence-corrected chi connectivity index (χ0v) is 12.5. The van der Waals surface area contributed by atoms with Crippen molar-refractivity contribution in [3.8, 4) is 11.8 Å². The van der Waals surface area contributed by atoms with Gasteiger partial charge in [-0.05, 0) is 36.8 Å². The Bertz CT molecular complexity index is 635. The van der Waals surface area contributed by atoms with Gasteiger partial charge in [-0.2, -0.15) is 5.26 Å². The van der Waals surface area contributed by atoms with Crippen LogP contribution >= 0.6 is 11.6 Å². The average molecular weight is 302 g/mol. The van der Waals surface area contributed by atoms with Crippen LogP contribution in [0.3, 0.4) is 0 Å². The molecule has 0 unspecified atom stereocenters. The molecule has 0 amide bonds. The Morgan fingerprint density at radius 3 is 2.67 bits per heavy atom. The smallest absolute Gasteiger partial charge is 0.132 e. The molecule has 0 fully saturated rings. The first-order chi connectivity index (χ1) is 10.2. The summed E-state index contributed by atoms with van der Waals surface area (Å²) >= 11 is 6.12. The normalized spacial score (nSPS) is 9.95. The number of rotatable bonds is 6. The predicted molar refractivity (Wildman–Crippen MR) is 83.5 cm³/mol. The summed E-state index contributed by atoms with van der Waals surface area (Å²) in [5.74, 6) is 1.51. The lowest BCUT2D eigenvalue weighted by molar-refractivity contribution is 0.301. The zero-order valence-electron chi connectivity index (χ0n) is 11.8. The Kier molecular flexibility index (Phi) is 5.42. The molecule has 0 radical (unpaired) electrons. The van der Waals surface area contributed by atoms with Crippen LogP contribution in [-0.4, -0.2) is 11.5 Å². The van der Waals surface area contributed by atoms with E-state index in [4.69, 9.17) is 21.6 Å². The van der Waals surface area contributed by atoms with Gasteiger partial charge in [-0.1, -0.05) is 23.7 Å². The van der Waals surface area contributed by atoms with Crippen molar-refractivity contribution in [3.63, 3.8) is 0 Å². The van der Waals surface area contributed by atoms with Crippen molar-refractivity contribution in [1.29, 1.82) is 5.26 Å². The highest BCUT2D eigenvalue weighted by Crippen LogP contribution is 2.20. The SMILES string of the molecule is CCNc1ccc(Cl)c(COc2ccc(CC#N)cc2)n1. The van der Waals surface area contributed by atoms with Crippen molar-refractivity contribution in [2.75, 3.05) is 11.9 Å². The van der Waals surface area contributed by atoms with E-state index >= 15 is 0 Å².